The maximum atomic E-state index is 14.4. The molecule has 0 aliphatic rings. The summed E-state index contributed by atoms with van der Waals surface area (Å²) in [6, 6.07) is 26.5. The summed E-state index contributed by atoms with van der Waals surface area (Å²) in [6.07, 6.45) is 0.883. The van der Waals surface area contributed by atoms with Crippen molar-refractivity contribution in [2.24, 2.45) is 0 Å². The molecule has 2 amide bonds. The Balaban J connectivity index is 1.78. The molecule has 0 heterocycles. The molecule has 4 aromatic carbocycles. The lowest BCUT2D eigenvalue weighted by Gasteiger charge is -2.34. The minimum absolute atomic E-state index is 0.0399. The Morgan fingerprint density at radius 1 is 0.864 bits per heavy atom. The minimum Gasteiger partial charge on any atom is -0.354 e. The maximum absolute atomic E-state index is 14.4. The van der Waals surface area contributed by atoms with Crippen LogP contribution in [0.4, 0.5) is 10.1 Å². The van der Waals surface area contributed by atoms with E-state index in [4.69, 9.17) is 11.6 Å². The third-order valence-corrected chi connectivity index (χ3v) is 9.13. The molecule has 10 heteroatoms. The average Bonchev–Trinajstić information content (AvgIpc) is 3.02. The van der Waals surface area contributed by atoms with Crippen molar-refractivity contribution in [1.29, 1.82) is 0 Å². The molecule has 0 bridgehead atoms. The number of sulfonamides is 1. The van der Waals surface area contributed by atoms with Gasteiger partial charge in [0.2, 0.25) is 11.8 Å². The Kier molecular flexibility index (Phi) is 11.1. The number of nitrogens with zero attached hydrogens (tertiary/aromatic N) is 2. The quantitative estimate of drug-likeness (QED) is 0.191. The lowest BCUT2D eigenvalue weighted by Crippen LogP contribution is -2.53. The van der Waals surface area contributed by atoms with Gasteiger partial charge in [-0.1, -0.05) is 78.7 Å². The zero-order chi connectivity index (χ0) is 31.7. The molecule has 0 fully saturated rings. The van der Waals surface area contributed by atoms with Gasteiger partial charge >= 0.3 is 0 Å². The van der Waals surface area contributed by atoms with Crippen LogP contribution in [-0.4, -0.2) is 44.3 Å². The largest absolute Gasteiger partial charge is 0.354 e. The van der Waals surface area contributed by atoms with Crippen molar-refractivity contribution in [3.05, 3.63) is 131 Å². The van der Waals surface area contributed by atoms with Crippen molar-refractivity contribution in [1.82, 2.24) is 10.2 Å². The van der Waals surface area contributed by atoms with Crippen LogP contribution in [0, 0.1) is 12.7 Å². The number of anilines is 1. The van der Waals surface area contributed by atoms with Crippen LogP contribution in [0.2, 0.25) is 5.02 Å². The molecule has 4 rings (SSSR count). The molecule has 0 aliphatic heterocycles. The number of hydrogen-bond acceptors (Lipinski definition) is 4. The number of benzene rings is 4. The Labute approximate surface area is 263 Å². The van der Waals surface area contributed by atoms with Gasteiger partial charge in [0.15, 0.2) is 0 Å². The van der Waals surface area contributed by atoms with Crippen molar-refractivity contribution in [3.63, 3.8) is 0 Å². The molecule has 0 aliphatic carbocycles. The van der Waals surface area contributed by atoms with Crippen LogP contribution in [0.15, 0.2) is 108 Å². The first-order valence-electron chi connectivity index (χ1n) is 14.3. The molecule has 0 radical (unpaired) electrons. The van der Waals surface area contributed by atoms with Gasteiger partial charge in [-0.15, -0.1) is 0 Å². The molecule has 230 valence electrons. The summed E-state index contributed by atoms with van der Waals surface area (Å²) >= 11 is 6.02. The van der Waals surface area contributed by atoms with Crippen LogP contribution >= 0.6 is 11.6 Å². The fourth-order valence-corrected chi connectivity index (χ4v) is 6.22. The van der Waals surface area contributed by atoms with Gasteiger partial charge in [0, 0.05) is 24.5 Å². The number of rotatable bonds is 13. The fourth-order valence-electron chi connectivity index (χ4n) is 4.68. The molecule has 44 heavy (non-hydrogen) atoms. The number of carbonyl (C=O) groups excluding carboxylic acids is 2. The van der Waals surface area contributed by atoms with Crippen LogP contribution in [0.5, 0.6) is 0 Å². The zero-order valence-electron chi connectivity index (χ0n) is 24.6. The van der Waals surface area contributed by atoms with E-state index in [1.165, 1.54) is 41.3 Å². The van der Waals surface area contributed by atoms with E-state index in [0.717, 1.165) is 15.4 Å². The van der Waals surface area contributed by atoms with Gasteiger partial charge in [0.25, 0.3) is 10.0 Å². The van der Waals surface area contributed by atoms with Gasteiger partial charge in [-0.25, -0.2) is 12.8 Å². The monoisotopic (exact) mass is 635 g/mol. The summed E-state index contributed by atoms with van der Waals surface area (Å²) in [5.41, 5.74) is 2.61. The van der Waals surface area contributed by atoms with E-state index >= 15 is 0 Å². The van der Waals surface area contributed by atoms with Gasteiger partial charge < -0.3 is 10.2 Å². The van der Waals surface area contributed by atoms with Crippen LogP contribution in [0.1, 0.15) is 30.0 Å². The van der Waals surface area contributed by atoms with Crippen LogP contribution in [0.25, 0.3) is 0 Å². The summed E-state index contributed by atoms with van der Waals surface area (Å²) in [6.45, 7) is 3.58. The zero-order valence-corrected chi connectivity index (χ0v) is 26.2. The molecule has 0 spiro atoms. The molecule has 0 saturated heterocycles. The number of halogens is 2. The molecule has 0 unspecified atom stereocenters. The maximum Gasteiger partial charge on any atom is 0.264 e. The van der Waals surface area contributed by atoms with Crippen molar-refractivity contribution in [3.8, 4) is 0 Å². The second kappa shape index (κ2) is 15.0. The Hall–Kier alpha value is -4.21. The highest BCUT2D eigenvalue weighted by Gasteiger charge is 2.34. The highest BCUT2D eigenvalue weighted by atomic mass is 35.5. The third-order valence-electron chi connectivity index (χ3n) is 7.09. The van der Waals surface area contributed by atoms with Crippen LogP contribution < -0.4 is 9.62 Å². The van der Waals surface area contributed by atoms with E-state index in [0.29, 0.717) is 23.6 Å². The highest BCUT2D eigenvalue weighted by molar-refractivity contribution is 7.92. The number of carbonyl (C=O) groups is 2. The normalized spacial score (nSPS) is 11.9. The van der Waals surface area contributed by atoms with Gasteiger partial charge in [0.05, 0.1) is 10.6 Å². The average molecular weight is 636 g/mol. The standard InChI is InChI=1S/C34H35ClFN3O4S/c1-3-21-37-34(41)32(22-26-7-5-4-6-8-26)38(23-27-11-15-29(36)16-12-27)33(40)24-39(30-17-9-25(2)10-18-30)44(42,43)31-19-13-28(35)14-20-31/h4-20,32H,3,21-24H2,1-2H3,(H,37,41)/t32-/m0/s1. The second-order valence-corrected chi connectivity index (χ2v) is 12.7. The number of nitrogens with one attached hydrogen (secondary N) is 1. The topological polar surface area (TPSA) is 86.8 Å². The van der Waals surface area contributed by atoms with Gasteiger partial charge in [-0.3, -0.25) is 13.9 Å². The van der Waals surface area contributed by atoms with Crippen LogP contribution in [-0.2, 0) is 32.6 Å². The predicted octanol–water partition coefficient (Wildman–Crippen LogP) is 6.15. The fraction of sp³-hybridized carbons (Fsp3) is 0.235. The smallest absolute Gasteiger partial charge is 0.264 e. The van der Waals surface area contributed by atoms with E-state index in [9.17, 15) is 22.4 Å². The van der Waals surface area contributed by atoms with Crippen molar-refractivity contribution < 1.29 is 22.4 Å². The molecule has 1 N–H and O–H groups in total. The number of hydrogen-bond donors (Lipinski definition) is 1. The van der Waals surface area contributed by atoms with Crippen molar-refractivity contribution >= 4 is 39.1 Å². The van der Waals surface area contributed by atoms with E-state index in [2.05, 4.69) is 5.32 Å². The van der Waals surface area contributed by atoms with Gasteiger partial charge in [-0.05, 0) is 73.0 Å². The molecule has 0 saturated carbocycles. The summed E-state index contributed by atoms with van der Waals surface area (Å²) < 4.78 is 42.8. The van der Waals surface area contributed by atoms with E-state index in [1.54, 1.807) is 36.4 Å². The molecule has 7 nitrogen and oxygen atoms in total. The Morgan fingerprint density at radius 2 is 1.50 bits per heavy atom. The Bertz CT molecular complexity index is 1650. The third kappa shape index (κ3) is 8.45. The van der Waals surface area contributed by atoms with E-state index < -0.39 is 34.3 Å². The summed E-state index contributed by atoms with van der Waals surface area (Å²) in [5.74, 6) is -1.40. The molecular formula is C34H35ClFN3O4S. The first-order valence-corrected chi connectivity index (χ1v) is 16.1. The second-order valence-electron chi connectivity index (χ2n) is 10.4. The van der Waals surface area contributed by atoms with Gasteiger partial charge in [-0.2, -0.15) is 0 Å². The summed E-state index contributed by atoms with van der Waals surface area (Å²) in [4.78, 5) is 29.3. The SMILES string of the molecule is CCCNC(=O)[C@H](Cc1ccccc1)N(Cc1ccc(F)cc1)C(=O)CN(c1ccc(C)cc1)S(=O)(=O)c1ccc(Cl)cc1. The van der Waals surface area contributed by atoms with Crippen LogP contribution in [0.3, 0.4) is 0 Å². The van der Waals surface area contributed by atoms with E-state index in [1.807, 2.05) is 44.2 Å². The lowest BCUT2D eigenvalue weighted by atomic mass is 10.0. The molecule has 4 aromatic rings. The first kappa shape index (κ1) is 32.7. The lowest BCUT2D eigenvalue weighted by molar-refractivity contribution is -0.140. The highest BCUT2D eigenvalue weighted by Crippen LogP contribution is 2.26. The van der Waals surface area contributed by atoms with E-state index in [-0.39, 0.29) is 29.5 Å². The van der Waals surface area contributed by atoms with Crippen molar-refractivity contribution in [2.45, 2.75) is 44.2 Å². The Morgan fingerprint density at radius 3 is 2.11 bits per heavy atom. The molecule has 0 aromatic heterocycles. The summed E-state index contributed by atoms with van der Waals surface area (Å²) in [7, 11) is -4.23. The molecule has 1 atom stereocenters. The van der Waals surface area contributed by atoms with Gasteiger partial charge in [0.1, 0.15) is 18.4 Å². The predicted molar refractivity (Wildman–Crippen MR) is 171 cm³/mol. The molecular weight excluding hydrogens is 601 g/mol. The van der Waals surface area contributed by atoms with Crippen molar-refractivity contribution in [2.75, 3.05) is 17.4 Å². The first-order chi connectivity index (χ1) is 21.1. The number of amides is 2. The minimum atomic E-state index is -4.23. The summed E-state index contributed by atoms with van der Waals surface area (Å²) in [5, 5.41) is 3.27. The number of aryl methyl sites for hydroxylation is 1.